The number of hydrogen-bond donors (Lipinski definition) is 1. The predicted octanol–water partition coefficient (Wildman–Crippen LogP) is 3.85. The number of benzene rings is 2. The van der Waals surface area contributed by atoms with Crippen molar-refractivity contribution in [3.63, 3.8) is 0 Å². The van der Waals surface area contributed by atoms with E-state index >= 15 is 0 Å². The highest BCUT2D eigenvalue weighted by atomic mass is 19.1. The molecule has 0 aliphatic carbocycles. The van der Waals surface area contributed by atoms with Crippen molar-refractivity contribution in [2.45, 2.75) is 20.4 Å². The van der Waals surface area contributed by atoms with E-state index in [2.05, 4.69) is 10.4 Å². The first-order chi connectivity index (χ1) is 12.8. The average Bonchev–Trinajstić information content (AvgIpc) is 2.99. The molecule has 2 aromatic carbocycles. The number of hydrogen-bond acceptors (Lipinski definition) is 4. The summed E-state index contributed by atoms with van der Waals surface area (Å²) in [7, 11) is 0. The van der Waals surface area contributed by atoms with Crippen LogP contribution in [0.1, 0.15) is 27.2 Å². The maximum atomic E-state index is 13.5. The van der Waals surface area contributed by atoms with Crippen molar-refractivity contribution in [3.8, 4) is 0 Å². The highest BCUT2D eigenvalue weighted by Crippen LogP contribution is 2.20. The number of anilines is 1. The Hall–Kier alpha value is -3.55. The van der Waals surface area contributed by atoms with Gasteiger partial charge in [0.1, 0.15) is 5.82 Å². The number of aryl methyl sites for hydroxylation is 2. The Labute approximate surface area is 154 Å². The minimum atomic E-state index is -0.561. The summed E-state index contributed by atoms with van der Waals surface area (Å²) >= 11 is 0. The lowest BCUT2D eigenvalue weighted by Gasteiger charge is -2.11. The van der Waals surface area contributed by atoms with Crippen LogP contribution in [-0.2, 0) is 6.54 Å². The molecular formula is C19H17FN4O3. The van der Waals surface area contributed by atoms with E-state index < -0.39 is 16.6 Å². The molecule has 0 atom stereocenters. The number of nitrogens with one attached hydrogen (secondary N) is 1. The van der Waals surface area contributed by atoms with Crippen LogP contribution in [0.3, 0.4) is 0 Å². The number of nitrogens with zero attached hydrogens (tertiary/aromatic N) is 3. The van der Waals surface area contributed by atoms with Crippen molar-refractivity contribution in [3.05, 3.63) is 86.8 Å². The first-order valence-corrected chi connectivity index (χ1v) is 8.19. The summed E-state index contributed by atoms with van der Waals surface area (Å²) in [6.07, 6.45) is 0. The van der Waals surface area contributed by atoms with Crippen molar-refractivity contribution in [1.82, 2.24) is 9.78 Å². The fourth-order valence-electron chi connectivity index (χ4n) is 2.70. The van der Waals surface area contributed by atoms with Gasteiger partial charge in [-0.2, -0.15) is 4.68 Å². The van der Waals surface area contributed by atoms with Crippen molar-refractivity contribution in [2.75, 3.05) is 5.32 Å². The summed E-state index contributed by atoms with van der Waals surface area (Å²) in [6.45, 7) is 3.68. The summed E-state index contributed by atoms with van der Waals surface area (Å²) in [5.41, 5.74) is 2.77. The first kappa shape index (κ1) is 18.2. The zero-order valence-electron chi connectivity index (χ0n) is 14.8. The Morgan fingerprint density at radius 3 is 2.67 bits per heavy atom. The molecule has 0 radical (unpaired) electrons. The molecule has 1 aromatic heterocycles. The molecule has 7 nitrogen and oxygen atoms in total. The predicted molar refractivity (Wildman–Crippen MR) is 98.3 cm³/mol. The largest absolute Gasteiger partial charge is 0.390 e. The molecule has 138 valence electrons. The fraction of sp³-hybridized carbons (Fsp3) is 0.158. The number of amides is 1. The summed E-state index contributed by atoms with van der Waals surface area (Å²) in [5.74, 6) is -1.08. The van der Waals surface area contributed by atoms with E-state index in [0.29, 0.717) is 22.5 Å². The van der Waals surface area contributed by atoms with Gasteiger partial charge >= 0.3 is 5.82 Å². The standard InChI is InChI=1S/C19H17FN4O3/c1-12-7-8-15(20)10-17(12)21-19(25)16-6-4-3-5-14(16)11-23-13(2)9-18(22-23)24(26)27/h3-10H,11H2,1-2H3,(H,21,25). The van der Waals surface area contributed by atoms with Crippen LogP contribution in [0.2, 0.25) is 0 Å². The molecule has 0 spiro atoms. The number of nitro groups is 1. The molecule has 1 N–H and O–H groups in total. The van der Waals surface area contributed by atoms with E-state index in [-0.39, 0.29) is 12.4 Å². The lowest BCUT2D eigenvalue weighted by Crippen LogP contribution is -2.17. The second-order valence-corrected chi connectivity index (χ2v) is 6.13. The topological polar surface area (TPSA) is 90.1 Å². The lowest BCUT2D eigenvalue weighted by molar-refractivity contribution is -0.389. The molecule has 0 fully saturated rings. The first-order valence-electron chi connectivity index (χ1n) is 8.19. The molecule has 0 saturated carbocycles. The van der Waals surface area contributed by atoms with E-state index in [0.717, 1.165) is 5.56 Å². The summed E-state index contributed by atoms with van der Waals surface area (Å²) in [6, 6.07) is 12.4. The molecule has 0 unspecified atom stereocenters. The lowest BCUT2D eigenvalue weighted by atomic mass is 10.1. The van der Waals surface area contributed by atoms with Crippen LogP contribution < -0.4 is 5.32 Å². The molecule has 3 aromatic rings. The van der Waals surface area contributed by atoms with E-state index in [1.165, 1.54) is 22.9 Å². The minimum absolute atomic E-state index is 0.200. The zero-order valence-corrected chi connectivity index (χ0v) is 14.8. The molecule has 0 saturated heterocycles. The SMILES string of the molecule is Cc1ccc(F)cc1NC(=O)c1ccccc1Cn1nc([N+](=O)[O-])cc1C. The molecule has 1 heterocycles. The van der Waals surface area contributed by atoms with E-state index in [1.807, 2.05) is 0 Å². The Bertz CT molecular complexity index is 1030. The molecule has 3 rings (SSSR count). The number of carbonyl (C=O) groups excluding carboxylic acids is 1. The van der Waals surface area contributed by atoms with Gasteiger partial charge in [0.05, 0.1) is 23.4 Å². The Kier molecular flexibility index (Phi) is 4.98. The molecule has 8 heteroatoms. The third kappa shape index (κ3) is 4.00. The minimum Gasteiger partial charge on any atom is -0.358 e. The smallest absolute Gasteiger partial charge is 0.358 e. The van der Waals surface area contributed by atoms with E-state index in [9.17, 15) is 19.3 Å². The van der Waals surface area contributed by atoms with Crippen molar-refractivity contribution >= 4 is 17.4 Å². The van der Waals surface area contributed by atoms with Gasteiger partial charge in [-0.1, -0.05) is 24.3 Å². The van der Waals surface area contributed by atoms with Gasteiger partial charge in [-0.15, -0.1) is 0 Å². The number of rotatable bonds is 5. The fourth-order valence-corrected chi connectivity index (χ4v) is 2.70. The molecule has 0 bridgehead atoms. The van der Waals surface area contributed by atoms with Crippen molar-refractivity contribution in [1.29, 1.82) is 0 Å². The third-order valence-corrected chi connectivity index (χ3v) is 4.19. The maximum absolute atomic E-state index is 13.5. The quantitative estimate of drug-likeness (QED) is 0.547. The monoisotopic (exact) mass is 368 g/mol. The van der Waals surface area contributed by atoms with Gasteiger partial charge < -0.3 is 15.4 Å². The molecule has 27 heavy (non-hydrogen) atoms. The van der Waals surface area contributed by atoms with Crippen LogP contribution in [0.25, 0.3) is 0 Å². The van der Waals surface area contributed by atoms with Gasteiger partial charge in [-0.25, -0.2) is 4.39 Å². The van der Waals surface area contributed by atoms with Gasteiger partial charge in [0.2, 0.25) is 0 Å². The Morgan fingerprint density at radius 2 is 1.96 bits per heavy atom. The van der Waals surface area contributed by atoms with E-state index in [4.69, 9.17) is 0 Å². The highest BCUT2D eigenvalue weighted by Gasteiger charge is 2.18. The van der Waals surface area contributed by atoms with Gasteiger partial charge in [0, 0.05) is 11.3 Å². The van der Waals surface area contributed by atoms with Crippen LogP contribution in [-0.4, -0.2) is 20.6 Å². The number of halogens is 1. The van der Waals surface area contributed by atoms with E-state index in [1.54, 1.807) is 44.2 Å². The van der Waals surface area contributed by atoms with Crippen LogP contribution in [0, 0.1) is 29.8 Å². The van der Waals surface area contributed by atoms with Gasteiger partial charge in [-0.3, -0.25) is 4.79 Å². The van der Waals surface area contributed by atoms with Crippen molar-refractivity contribution < 1.29 is 14.1 Å². The highest BCUT2D eigenvalue weighted by molar-refractivity contribution is 6.05. The second-order valence-electron chi connectivity index (χ2n) is 6.13. The number of aromatic nitrogens is 2. The second kappa shape index (κ2) is 7.36. The average molecular weight is 368 g/mol. The van der Waals surface area contributed by atoms with Crippen LogP contribution >= 0.6 is 0 Å². The van der Waals surface area contributed by atoms with Crippen LogP contribution in [0.5, 0.6) is 0 Å². The summed E-state index contributed by atoms with van der Waals surface area (Å²) < 4.78 is 14.9. The van der Waals surface area contributed by atoms with Gasteiger partial charge in [0.25, 0.3) is 5.91 Å². The summed E-state index contributed by atoms with van der Waals surface area (Å²) in [5, 5.41) is 17.6. The van der Waals surface area contributed by atoms with Crippen LogP contribution in [0.4, 0.5) is 15.9 Å². The number of carbonyl (C=O) groups is 1. The molecular weight excluding hydrogens is 351 g/mol. The van der Waals surface area contributed by atoms with Gasteiger partial charge in [0.15, 0.2) is 0 Å². The van der Waals surface area contributed by atoms with Crippen molar-refractivity contribution in [2.24, 2.45) is 0 Å². The Balaban J connectivity index is 1.88. The normalized spacial score (nSPS) is 10.6. The third-order valence-electron chi connectivity index (χ3n) is 4.19. The maximum Gasteiger partial charge on any atom is 0.390 e. The van der Waals surface area contributed by atoms with Gasteiger partial charge in [-0.05, 0) is 48.1 Å². The molecule has 1 amide bonds. The summed E-state index contributed by atoms with van der Waals surface area (Å²) in [4.78, 5) is 23.0. The zero-order chi connectivity index (χ0) is 19.6. The molecule has 0 aliphatic heterocycles. The molecule has 0 aliphatic rings. The Morgan fingerprint density at radius 1 is 1.22 bits per heavy atom. The van der Waals surface area contributed by atoms with Crippen LogP contribution in [0.15, 0.2) is 48.5 Å².